The zero-order chi connectivity index (χ0) is 10.3. The molecule has 0 spiro atoms. The topological polar surface area (TPSA) is 29.9 Å². The van der Waals surface area contributed by atoms with Crippen LogP contribution in [0.2, 0.25) is 0 Å². The van der Waals surface area contributed by atoms with E-state index in [-0.39, 0.29) is 0 Å². The Hall–Kier alpha value is -0.830. The van der Waals surface area contributed by atoms with E-state index in [4.69, 9.17) is 0 Å². The quantitative estimate of drug-likeness (QED) is 0.810. The predicted molar refractivity (Wildman–Crippen MR) is 59.6 cm³/mol. The first kappa shape index (κ1) is 9.40. The molecule has 15 heavy (non-hydrogen) atoms. The zero-order valence-electron chi connectivity index (χ0n) is 9.37. The van der Waals surface area contributed by atoms with Gasteiger partial charge in [0.15, 0.2) is 0 Å². The van der Waals surface area contributed by atoms with Gasteiger partial charge in [0.05, 0.1) is 6.20 Å². The van der Waals surface area contributed by atoms with Crippen LogP contribution in [0.5, 0.6) is 0 Å². The standard InChI is InChI=1S/C12H19N3/c1-15-9-10(8-14-15)7-12(11-3-4-11)5-2-6-13-12/h8-9,11,13H,2-7H2,1H3. The molecule has 1 saturated carbocycles. The third-order valence-corrected chi connectivity index (χ3v) is 3.91. The van der Waals surface area contributed by atoms with Crippen molar-refractivity contribution in [2.45, 2.75) is 37.6 Å². The van der Waals surface area contributed by atoms with Gasteiger partial charge in [0.25, 0.3) is 0 Å². The second kappa shape index (κ2) is 3.34. The van der Waals surface area contributed by atoms with Gasteiger partial charge in [-0.1, -0.05) is 0 Å². The van der Waals surface area contributed by atoms with E-state index < -0.39 is 0 Å². The highest BCUT2D eigenvalue weighted by molar-refractivity contribution is 5.15. The maximum Gasteiger partial charge on any atom is 0.0522 e. The van der Waals surface area contributed by atoms with Crippen LogP contribution in [-0.4, -0.2) is 21.9 Å². The monoisotopic (exact) mass is 205 g/mol. The molecular formula is C12H19N3. The molecule has 3 heteroatoms. The number of hydrogen-bond acceptors (Lipinski definition) is 2. The van der Waals surface area contributed by atoms with Gasteiger partial charge in [0.2, 0.25) is 0 Å². The molecule has 1 N–H and O–H groups in total. The number of aryl methyl sites for hydroxylation is 1. The molecule has 1 saturated heterocycles. The fourth-order valence-corrected chi connectivity index (χ4v) is 3.04. The molecular weight excluding hydrogens is 186 g/mol. The van der Waals surface area contributed by atoms with Gasteiger partial charge >= 0.3 is 0 Å². The van der Waals surface area contributed by atoms with E-state index in [0.29, 0.717) is 5.54 Å². The molecule has 0 radical (unpaired) electrons. The maximum absolute atomic E-state index is 4.26. The van der Waals surface area contributed by atoms with Crippen molar-refractivity contribution < 1.29 is 0 Å². The molecule has 1 aliphatic carbocycles. The van der Waals surface area contributed by atoms with Crippen LogP contribution >= 0.6 is 0 Å². The van der Waals surface area contributed by atoms with Crippen LogP contribution in [0.15, 0.2) is 12.4 Å². The van der Waals surface area contributed by atoms with Crippen LogP contribution in [0.3, 0.4) is 0 Å². The minimum Gasteiger partial charge on any atom is -0.311 e. The van der Waals surface area contributed by atoms with Crippen molar-refractivity contribution in [2.75, 3.05) is 6.54 Å². The van der Waals surface area contributed by atoms with E-state index in [9.17, 15) is 0 Å². The summed E-state index contributed by atoms with van der Waals surface area (Å²) < 4.78 is 1.91. The second-order valence-electron chi connectivity index (χ2n) is 5.16. The summed E-state index contributed by atoms with van der Waals surface area (Å²) in [7, 11) is 2.00. The molecule has 0 aromatic carbocycles. The summed E-state index contributed by atoms with van der Waals surface area (Å²) in [5.74, 6) is 0.931. The lowest BCUT2D eigenvalue weighted by Crippen LogP contribution is -2.44. The van der Waals surface area contributed by atoms with Crippen LogP contribution in [0.4, 0.5) is 0 Å². The van der Waals surface area contributed by atoms with Crippen LogP contribution in [0.25, 0.3) is 0 Å². The molecule has 3 rings (SSSR count). The summed E-state index contributed by atoms with van der Waals surface area (Å²) in [6.07, 6.45) is 10.9. The Morgan fingerprint density at radius 2 is 2.47 bits per heavy atom. The highest BCUT2D eigenvalue weighted by atomic mass is 15.2. The van der Waals surface area contributed by atoms with E-state index in [1.165, 1.54) is 44.2 Å². The number of rotatable bonds is 3. The van der Waals surface area contributed by atoms with Gasteiger partial charge in [-0.3, -0.25) is 4.68 Å². The van der Waals surface area contributed by atoms with Crippen molar-refractivity contribution in [3.63, 3.8) is 0 Å². The molecule has 2 fully saturated rings. The zero-order valence-corrected chi connectivity index (χ0v) is 9.37. The maximum atomic E-state index is 4.26. The molecule has 0 amide bonds. The van der Waals surface area contributed by atoms with E-state index in [1.54, 1.807) is 0 Å². The third-order valence-electron chi connectivity index (χ3n) is 3.91. The van der Waals surface area contributed by atoms with Gasteiger partial charge in [-0.15, -0.1) is 0 Å². The molecule has 1 aromatic rings. The molecule has 1 atom stereocenters. The Bertz CT molecular complexity index is 346. The largest absolute Gasteiger partial charge is 0.311 e. The minimum atomic E-state index is 0.420. The molecule has 2 aliphatic rings. The lowest BCUT2D eigenvalue weighted by atomic mass is 9.85. The molecule has 1 aromatic heterocycles. The van der Waals surface area contributed by atoms with E-state index >= 15 is 0 Å². The average Bonchev–Trinajstić information content (AvgIpc) is 2.86. The Kier molecular flexibility index (Phi) is 2.09. The Balaban J connectivity index is 1.78. The van der Waals surface area contributed by atoms with Crippen LogP contribution < -0.4 is 5.32 Å². The molecule has 82 valence electrons. The lowest BCUT2D eigenvalue weighted by Gasteiger charge is -2.29. The SMILES string of the molecule is Cn1cc(CC2(C3CC3)CCCN2)cn1. The van der Waals surface area contributed by atoms with Gasteiger partial charge in [0.1, 0.15) is 0 Å². The number of nitrogens with zero attached hydrogens (tertiary/aromatic N) is 2. The fraction of sp³-hybridized carbons (Fsp3) is 0.750. The van der Waals surface area contributed by atoms with Crippen LogP contribution in [0.1, 0.15) is 31.2 Å². The lowest BCUT2D eigenvalue weighted by molar-refractivity contribution is 0.323. The summed E-state index contributed by atoms with van der Waals surface area (Å²) in [5.41, 5.74) is 1.81. The first-order chi connectivity index (χ1) is 7.28. The molecule has 2 heterocycles. The smallest absolute Gasteiger partial charge is 0.0522 e. The highest BCUT2D eigenvalue weighted by Gasteiger charge is 2.46. The van der Waals surface area contributed by atoms with Crippen molar-refractivity contribution in [2.24, 2.45) is 13.0 Å². The van der Waals surface area contributed by atoms with Gasteiger partial charge in [-0.05, 0) is 50.1 Å². The Labute approximate surface area is 90.9 Å². The van der Waals surface area contributed by atoms with Crippen molar-refractivity contribution >= 4 is 0 Å². The van der Waals surface area contributed by atoms with Gasteiger partial charge in [-0.2, -0.15) is 5.10 Å². The van der Waals surface area contributed by atoms with Gasteiger partial charge in [-0.25, -0.2) is 0 Å². The summed E-state index contributed by atoms with van der Waals surface area (Å²) in [4.78, 5) is 0. The van der Waals surface area contributed by atoms with Crippen molar-refractivity contribution in [3.8, 4) is 0 Å². The van der Waals surface area contributed by atoms with Crippen LogP contribution in [-0.2, 0) is 13.5 Å². The fourth-order valence-electron chi connectivity index (χ4n) is 3.04. The molecule has 0 bridgehead atoms. The summed E-state index contributed by atoms with van der Waals surface area (Å²) >= 11 is 0. The van der Waals surface area contributed by atoms with Gasteiger partial charge in [0, 0.05) is 18.8 Å². The summed E-state index contributed by atoms with van der Waals surface area (Å²) in [6, 6.07) is 0. The molecule has 1 aliphatic heterocycles. The van der Waals surface area contributed by atoms with E-state index in [0.717, 1.165) is 5.92 Å². The minimum absolute atomic E-state index is 0.420. The first-order valence-electron chi connectivity index (χ1n) is 6.01. The van der Waals surface area contributed by atoms with Crippen molar-refractivity contribution in [3.05, 3.63) is 18.0 Å². The number of hydrogen-bond donors (Lipinski definition) is 1. The first-order valence-corrected chi connectivity index (χ1v) is 6.01. The Morgan fingerprint density at radius 3 is 3.00 bits per heavy atom. The van der Waals surface area contributed by atoms with Crippen molar-refractivity contribution in [1.29, 1.82) is 0 Å². The normalized spacial score (nSPS) is 31.0. The summed E-state index contributed by atoms with van der Waals surface area (Å²) in [5, 5.41) is 8.01. The number of aromatic nitrogens is 2. The highest BCUT2D eigenvalue weighted by Crippen LogP contribution is 2.45. The third kappa shape index (κ3) is 1.69. The van der Waals surface area contributed by atoms with E-state index in [2.05, 4.69) is 16.6 Å². The molecule has 3 nitrogen and oxygen atoms in total. The summed E-state index contributed by atoms with van der Waals surface area (Å²) in [6.45, 7) is 1.21. The predicted octanol–water partition coefficient (Wildman–Crippen LogP) is 1.49. The van der Waals surface area contributed by atoms with Crippen LogP contribution in [0, 0.1) is 5.92 Å². The Morgan fingerprint density at radius 1 is 1.60 bits per heavy atom. The second-order valence-corrected chi connectivity index (χ2v) is 5.16. The number of nitrogens with one attached hydrogen (secondary N) is 1. The van der Waals surface area contributed by atoms with E-state index in [1.807, 2.05) is 17.9 Å². The van der Waals surface area contributed by atoms with Gasteiger partial charge < -0.3 is 5.32 Å². The average molecular weight is 205 g/mol. The molecule has 1 unspecified atom stereocenters. The van der Waals surface area contributed by atoms with Crippen molar-refractivity contribution in [1.82, 2.24) is 15.1 Å².